The summed E-state index contributed by atoms with van der Waals surface area (Å²) in [6.45, 7) is 0.851. The molecule has 0 saturated carbocycles. The van der Waals surface area contributed by atoms with Crippen LogP contribution in [0.25, 0.3) is 0 Å². The Morgan fingerprint density at radius 2 is 1.74 bits per heavy atom. The normalized spacial score (nSPS) is 11.8. The van der Waals surface area contributed by atoms with Crippen molar-refractivity contribution >= 4 is 28.3 Å². The Balaban J connectivity index is 1.87. The van der Waals surface area contributed by atoms with Gasteiger partial charge in [-0.05, 0) is 48.5 Å². The van der Waals surface area contributed by atoms with Crippen LogP contribution < -0.4 is 4.74 Å². The highest BCUT2D eigenvalue weighted by atomic mass is 35.5. The van der Waals surface area contributed by atoms with E-state index in [4.69, 9.17) is 16.3 Å². The van der Waals surface area contributed by atoms with Crippen LogP contribution in [0.3, 0.4) is 0 Å². The number of carbonyl (C=O) groups excluding carboxylic acids is 1. The highest BCUT2D eigenvalue weighted by molar-refractivity contribution is 7.84. The summed E-state index contributed by atoms with van der Waals surface area (Å²) < 4.78 is 16.9. The van der Waals surface area contributed by atoms with Gasteiger partial charge in [-0.2, -0.15) is 0 Å². The van der Waals surface area contributed by atoms with Crippen molar-refractivity contribution in [1.82, 2.24) is 4.90 Å². The van der Waals surface area contributed by atoms with Gasteiger partial charge in [-0.25, -0.2) is 0 Å². The van der Waals surface area contributed by atoms with Crippen molar-refractivity contribution in [3.63, 3.8) is 0 Å². The van der Waals surface area contributed by atoms with Crippen LogP contribution >= 0.6 is 11.6 Å². The van der Waals surface area contributed by atoms with Crippen LogP contribution in [-0.2, 0) is 10.8 Å². The first-order valence-corrected chi connectivity index (χ1v) is 8.98. The van der Waals surface area contributed by atoms with Gasteiger partial charge in [0.05, 0.1) is 6.54 Å². The van der Waals surface area contributed by atoms with Gasteiger partial charge >= 0.3 is 0 Å². The molecule has 0 fully saturated rings. The van der Waals surface area contributed by atoms with E-state index in [0.717, 1.165) is 0 Å². The van der Waals surface area contributed by atoms with Gasteiger partial charge in [-0.15, -0.1) is 0 Å². The molecule has 0 spiro atoms. The second kappa shape index (κ2) is 8.13. The average Bonchev–Trinajstić information content (AvgIpc) is 2.56. The van der Waals surface area contributed by atoms with Crippen LogP contribution in [0.2, 0.25) is 5.02 Å². The van der Waals surface area contributed by atoms with Crippen molar-refractivity contribution in [1.29, 1.82) is 0 Å². The Kier molecular flexibility index (Phi) is 6.19. The second-order valence-corrected chi connectivity index (χ2v) is 6.82. The topological polar surface area (TPSA) is 46.6 Å². The van der Waals surface area contributed by atoms with E-state index in [1.807, 2.05) is 0 Å². The molecule has 0 aliphatic heterocycles. The first kappa shape index (κ1) is 17.5. The van der Waals surface area contributed by atoms with Gasteiger partial charge in [0.1, 0.15) is 12.4 Å². The zero-order valence-corrected chi connectivity index (χ0v) is 14.6. The fourth-order valence-electron chi connectivity index (χ4n) is 1.94. The molecular formula is C17H18ClNO3S. The van der Waals surface area contributed by atoms with E-state index < -0.39 is 10.8 Å². The fraction of sp³-hybridized carbons (Fsp3) is 0.235. The van der Waals surface area contributed by atoms with Gasteiger partial charge in [0.25, 0.3) is 5.91 Å². The van der Waals surface area contributed by atoms with Crippen LogP contribution in [-0.4, -0.2) is 41.5 Å². The Hall–Kier alpha value is -1.85. The van der Waals surface area contributed by atoms with E-state index in [0.29, 0.717) is 34.4 Å². The molecule has 0 bridgehead atoms. The number of carbonyl (C=O) groups is 1. The quantitative estimate of drug-likeness (QED) is 0.802. The monoisotopic (exact) mass is 351 g/mol. The third kappa shape index (κ3) is 5.08. The molecule has 0 N–H and O–H groups in total. The Morgan fingerprint density at radius 1 is 1.13 bits per heavy atom. The molecule has 0 aromatic heterocycles. The lowest BCUT2D eigenvalue weighted by atomic mass is 10.2. The second-order valence-electron chi connectivity index (χ2n) is 5.01. The minimum absolute atomic E-state index is 0.0989. The van der Waals surface area contributed by atoms with Gasteiger partial charge in [0.2, 0.25) is 0 Å². The van der Waals surface area contributed by atoms with Gasteiger partial charge in [0.15, 0.2) is 0 Å². The molecule has 0 heterocycles. The molecule has 0 saturated heterocycles. The highest BCUT2D eigenvalue weighted by Gasteiger charge is 2.12. The number of likely N-dealkylation sites (N-methyl/N-ethyl adjacent to an activating group) is 1. The molecule has 0 radical (unpaired) electrons. The maximum absolute atomic E-state index is 12.3. The molecule has 122 valence electrons. The van der Waals surface area contributed by atoms with E-state index in [9.17, 15) is 9.00 Å². The predicted octanol–water partition coefficient (Wildman–Crippen LogP) is 3.23. The summed E-state index contributed by atoms with van der Waals surface area (Å²) in [5, 5.41) is 0.654. The molecule has 6 heteroatoms. The van der Waals surface area contributed by atoms with Crippen LogP contribution in [0, 0.1) is 0 Å². The summed E-state index contributed by atoms with van der Waals surface area (Å²) in [5.41, 5.74) is 0.563. The standard InChI is InChI=1S/C17H18ClNO3S/c1-19(11-12-22-15-7-5-14(18)6-8-15)17(20)13-3-9-16(10-4-13)23(2)21/h3-10H,11-12H2,1-2H3. The zero-order chi connectivity index (χ0) is 16.8. The average molecular weight is 352 g/mol. The largest absolute Gasteiger partial charge is 0.492 e. The smallest absolute Gasteiger partial charge is 0.253 e. The Bertz CT molecular complexity index is 686. The number of ether oxygens (including phenoxy) is 1. The van der Waals surface area contributed by atoms with Crippen molar-refractivity contribution < 1.29 is 13.7 Å². The minimum Gasteiger partial charge on any atom is -0.492 e. The van der Waals surface area contributed by atoms with E-state index >= 15 is 0 Å². The van der Waals surface area contributed by atoms with Crippen molar-refractivity contribution in [3.05, 3.63) is 59.1 Å². The van der Waals surface area contributed by atoms with Crippen molar-refractivity contribution in [2.45, 2.75) is 4.90 Å². The number of hydrogen-bond acceptors (Lipinski definition) is 3. The Labute approximate surface area is 143 Å². The molecule has 1 amide bonds. The Morgan fingerprint density at radius 3 is 2.30 bits per heavy atom. The summed E-state index contributed by atoms with van der Waals surface area (Å²) in [5.74, 6) is 0.614. The van der Waals surface area contributed by atoms with Crippen molar-refractivity contribution in [3.8, 4) is 5.75 Å². The maximum atomic E-state index is 12.3. The third-order valence-electron chi connectivity index (χ3n) is 3.29. The molecule has 23 heavy (non-hydrogen) atoms. The molecule has 1 unspecified atom stereocenters. The summed E-state index contributed by atoms with van der Waals surface area (Å²) in [4.78, 5) is 14.6. The lowest BCUT2D eigenvalue weighted by Gasteiger charge is -2.17. The van der Waals surface area contributed by atoms with Gasteiger partial charge in [-0.1, -0.05) is 11.6 Å². The first-order valence-electron chi connectivity index (χ1n) is 7.04. The number of halogens is 1. The number of benzene rings is 2. The molecule has 1 atom stereocenters. The van der Waals surface area contributed by atoms with Gasteiger partial charge in [0, 0.05) is 39.6 Å². The predicted molar refractivity (Wildman–Crippen MR) is 92.7 cm³/mol. The molecule has 4 nitrogen and oxygen atoms in total. The number of amides is 1. The summed E-state index contributed by atoms with van der Waals surface area (Å²) >= 11 is 5.81. The molecule has 2 aromatic carbocycles. The minimum atomic E-state index is -1.04. The lowest BCUT2D eigenvalue weighted by molar-refractivity contribution is 0.0773. The van der Waals surface area contributed by atoms with E-state index in [2.05, 4.69) is 0 Å². The van der Waals surface area contributed by atoms with Crippen molar-refractivity contribution in [2.75, 3.05) is 26.5 Å². The maximum Gasteiger partial charge on any atom is 0.253 e. The SMILES string of the molecule is CN(CCOc1ccc(Cl)cc1)C(=O)c1ccc(S(C)=O)cc1. The summed E-state index contributed by atoms with van der Waals surface area (Å²) in [6.07, 6.45) is 1.61. The highest BCUT2D eigenvalue weighted by Crippen LogP contribution is 2.15. The zero-order valence-electron chi connectivity index (χ0n) is 13.0. The van der Waals surface area contributed by atoms with Gasteiger partial charge in [-0.3, -0.25) is 9.00 Å². The number of nitrogens with zero attached hydrogens (tertiary/aromatic N) is 1. The number of rotatable bonds is 6. The van der Waals surface area contributed by atoms with Crippen LogP contribution in [0.5, 0.6) is 5.75 Å². The molecule has 0 aliphatic rings. The molecule has 2 rings (SSSR count). The first-order chi connectivity index (χ1) is 11.0. The fourth-order valence-corrected chi connectivity index (χ4v) is 2.59. The van der Waals surface area contributed by atoms with E-state index in [1.165, 1.54) is 0 Å². The van der Waals surface area contributed by atoms with Crippen molar-refractivity contribution in [2.24, 2.45) is 0 Å². The molecule has 0 aliphatic carbocycles. The summed E-state index contributed by atoms with van der Waals surface area (Å²) in [6, 6.07) is 13.9. The molecule has 2 aromatic rings. The van der Waals surface area contributed by atoms with E-state index in [1.54, 1.807) is 66.7 Å². The van der Waals surface area contributed by atoms with Crippen LogP contribution in [0.4, 0.5) is 0 Å². The summed E-state index contributed by atoms with van der Waals surface area (Å²) in [7, 11) is 0.678. The van der Waals surface area contributed by atoms with Gasteiger partial charge < -0.3 is 9.64 Å². The lowest BCUT2D eigenvalue weighted by Crippen LogP contribution is -2.30. The van der Waals surface area contributed by atoms with E-state index in [-0.39, 0.29) is 5.91 Å². The van der Waals surface area contributed by atoms with Crippen LogP contribution in [0.15, 0.2) is 53.4 Å². The van der Waals surface area contributed by atoms with Crippen LogP contribution in [0.1, 0.15) is 10.4 Å². The molecular weight excluding hydrogens is 334 g/mol. The number of hydrogen-bond donors (Lipinski definition) is 0. The third-order valence-corrected chi connectivity index (χ3v) is 4.48.